The van der Waals surface area contributed by atoms with Crippen LogP contribution in [0.2, 0.25) is 0 Å². The zero-order valence-electron chi connectivity index (χ0n) is 20.2. The van der Waals surface area contributed by atoms with Crippen LogP contribution < -0.4 is 0 Å². The normalized spacial score (nSPS) is 10.6. The molecule has 210 valence electrons. The molecule has 12 nitrogen and oxygen atoms in total. The van der Waals surface area contributed by atoms with Gasteiger partial charge in [-0.1, -0.05) is 7.43 Å². The third-order valence-corrected chi connectivity index (χ3v) is 3.37. The van der Waals surface area contributed by atoms with Crippen LogP contribution in [0.1, 0.15) is 7.43 Å². The van der Waals surface area contributed by atoms with Gasteiger partial charge in [-0.15, -0.1) is 0 Å². The lowest BCUT2D eigenvalue weighted by Gasteiger charge is -2.06. The lowest BCUT2D eigenvalue weighted by atomic mass is 10.7. The van der Waals surface area contributed by atoms with Crippen molar-refractivity contribution in [3.05, 3.63) is 0 Å². The average molecular weight is 507 g/mol. The first-order valence-electron chi connectivity index (χ1n) is 11.3. The highest BCUT2D eigenvalue weighted by molar-refractivity contribution is 4.36. The van der Waals surface area contributed by atoms with Crippen LogP contribution in [0.15, 0.2) is 0 Å². The summed E-state index contributed by atoms with van der Waals surface area (Å²) >= 11 is 0. The summed E-state index contributed by atoms with van der Waals surface area (Å²) in [6.07, 6.45) is 0. The molecule has 0 aromatic carbocycles. The number of ether oxygens (including phenoxy) is 9. The summed E-state index contributed by atoms with van der Waals surface area (Å²) in [5.41, 5.74) is 0. The van der Waals surface area contributed by atoms with Crippen LogP contribution in [0.25, 0.3) is 0 Å². The zero-order chi connectivity index (χ0) is 24.5. The molecule has 3 N–H and O–H groups in total. The zero-order valence-corrected chi connectivity index (χ0v) is 20.2. The van der Waals surface area contributed by atoms with Crippen LogP contribution in [-0.4, -0.2) is 155 Å². The van der Waals surface area contributed by atoms with E-state index in [-0.39, 0.29) is 27.2 Å². The second-order valence-corrected chi connectivity index (χ2v) is 6.06. The van der Waals surface area contributed by atoms with Gasteiger partial charge in [-0.2, -0.15) is 0 Å². The molecule has 0 spiro atoms. The molecule has 0 fully saturated rings. The summed E-state index contributed by atoms with van der Waals surface area (Å²) < 4.78 is 45.9. The van der Waals surface area contributed by atoms with Crippen LogP contribution in [-0.2, 0) is 42.6 Å². The van der Waals surface area contributed by atoms with Gasteiger partial charge in [0.1, 0.15) is 0 Å². The van der Waals surface area contributed by atoms with E-state index in [0.29, 0.717) is 112 Å². The van der Waals surface area contributed by atoms with Gasteiger partial charge in [0.2, 0.25) is 0 Å². The molecular formula is C22H50O12. The molecule has 0 radical (unpaired) electrons. The second-order valence-electron chi connectivity index (χ2n) is 6.06. The number of aliphatic hydroxyl groups is 3. The van der Waals surface area contributed by atoms with Gasteiger partial charge in [-0.3, -0.25) is 0 Å². The number of hydrogen-bond donors (Lipinski definition) is 3. The van der Waals surface area contributed by atoms with E-state index in [2.05, 4.69) is 0 Å². The fourth-order valence-electron chi connectivity index (χ4n) is 1.86. The van der Waals surface area contributed by atoms with Crippen molar-refractivity contribution in [1.29, 1.82) is 0 Å². The van der Waals surface area contributed by atoms with Gasteiger partial charge < -0.3 is 58.0 Å². The molecule has 0 heterocycles. The first kappa shape index (κ1) is 38.1. The van der Waals surface area contributed by atoms with Crippen molar-refractivity contribution < 1.29 is 58.0 Å². The Labute approximate surface area is 205 Å². The Bertz CT molecular complexity index is 286. The predicted molar refractivity (Wildman–Crippen MR) is 126 cm³/mol. The van der Waals surface area contributed by atoms with Gasteiger partial charge in [-0.25, -0.2) is 0 Å². The summed E-state index contributed by atoms with van der Waals surface area (Å²) in [4.78, 5) is 0. The number of rotatable bonds is 27. The average Bonchev–Trinajstić information content (AvgIpc) is 2.83. The van der Waals surface area contributed by atoms with Crippen molar-refractivity contribution in [1.82, 2.24) is 0 Å². The summed E-state index contributed by atoms with van der Waals surface area (Å²) in [6.45, 7) is 8.65. The van der Waals surface area contributed by atoms with Crippen molar-refractivity contribution in [2.24, 2.45) is 0 Å². The van der Waals surface area contributed by atoms with Crippen molar-refractivity contribution in [2.75, 3.05) is 139 Å². The highest BCUT2D eigenvalue weighted by atomic mass is 16.6. The molecule has 0 saturated heterocycles. The summed E-state index contributed by atoms with van der Waals surface area (Å²) in [6, 6.07) is 0. The Morgan fingerprint density at radius 2 is 0.500 bits per heavy atom. The Morgan fingerprint density at radius 3 is 0.676 bits per heavy atom. The second kappa shape index (κ2) is 39.7. The van der Waals surface area contributed by atoms with Gasteiger partial charge in [0.05, 0.1) is 132 Å². The molecule has 0 saturated carbocycles. The minimum Gasteiger partial charge on any atom is -0.394 e. The molecule has 12 heteroatoms. The van der Waals surface area contributed by atoms with Crippen LogP contribution in [0, 0.1) is 0 Å². The third-order valence-electron chi connectivity index (χ3n) is 3.37. The molecule has 0 aromatic heterocycles. The first-order chi connectivity index (χ1) is 16.3. The molecule has 0 rings (SSSR count). The smallest absolute Gasteiger partial charge is 0.0701 e. The number of aliphatic hydroxyl groups excluding tert-OH is 3. The lowest BCUT2D eigenvalue weighted by Crippen LogP contribution is -2.13. The van der Waals surface area contributed by atoms with Gasteiger partial charge >= 0.3 is 0 Å². The standard InChI is InChI=1S/C11H24O6.C10H22O6.CH4/c1-13-4-5-15-8-9-17-11-10-16-7-6-14-3-2-12;11-1-3-13-5-7-15-9-10-16-8-6-14-4-2-12;/h12H,2-11H2,1H3;11-12H,1-10H2;1H4. The van der Waals surface area contributed by atoms with E-state index in [4.69, 9.17) is 58.0 Å². The van der Waals surface area contributed by atoms with Gasteiger partial charge in [0.15, 0.2) is 0 Å². The molecule has 0 atom stereocenters. The molecule has 0 bridgehead atoms. The van der Waals surface area contributed by atoms with Crippen molar-refractivity contribution >= 4 is 0 Å². The summed E-state index contributed by atoms with van der Waals surface area (Å²) in [7, 11) is 1.64. The minimum absolute atomic E-state index is 0. The Balaban J connectivity index is -0.000000550. The van der Waals surface area contributed by atoms with Crippen LogP contribution in [0.4, 0.5) is 0 Å². The monoisotopic (exact) mass is 506 g/mol. The van der Waals surface area contributed by atoms with E-state index in [1.165, 1.54) is 0 Å². The molecule has 0 aromatic rings. The number of methoxy groups -OCH3 is 1. The Morgan fingerprint density at radius 1 is 0.324 bits per heavy atom. The van der Waals surface area contributed by atoms with Gasteiger partial charge in [0, 0.05) is 7.11 Å². The maximum Gasteiger partial charge on any atom is 0.0701 e. The molecular weight excluding hydrogens is 456 g/mol. The molecule has 34 heavy (non-hydrogen) atoms. The summed E-state index contributed by atoms with van der Waals surface area (Å²) in [5.74, 6) is 0. The minimum atomic E-state index is 0. The fourth-order valence-corrected chi connectivity index (χ4v) is 1.86. The van der Waals surface area contributed by atoms with Crippen LogP contribution in [0.5, 0.6) is 0 Å². The third kappa shape index (κ3) is 41.7. The Kier molecular flexibility index (Phi) is 44.5. The first-order valence-corrected chi connectivity index (χ1v) is 11.3. The quantitative estimate of drug-likeness (QED) is 0.122. The van der Waals surface area contributed by atoms with Crippen molar-refractivity contribution in [2.45, 2.75) is 7.43 Å². The van der Waals surface area contributed by atoms with Crippen molar-refractivity contribution in [3.8, 4) is 0 Å². The van der Waals surface area contributed by atoms with Crippen molar-refractivity contribution in [3.63, 3.8) is 0 Å². The molecule has 0 aliphatic heterocycles. The maximum atomic E-state index is 8.44. The topological polar surface area (TPSA) is 144 Å². The van der Waals surface area contributed by atoms with E-state index in [1.54, 1.807) is 7.11 Å². The Hall–Kier alpha value is -0.480. The molecule has 0 unspecified atom stereocenters. The highest BCUT2D eigenvalue weighted by Gasteiger charge is 1.93. The lowest BCUT2D eigenvalue weighted by molar-refractivity contribution is -0.0105. The van der Waals surface area contributed by atoms with E-state index in [1.807, 2.05) is 0 Å². The maximum absolute atomic E-state index is 8.44. The van der Waals surface area contributed by atoms with E-state index >= 15 is 0 Å². The van der Waals surface area contributed by atoms with Crippen LogP contribution >= 0.6 is 0 Å². The van der Waals surface area contributed by atoms with Gasteiger partial charge in [-0.05, 0) is 0 Å². The highest BCUT2D eigenvalue weighted by Crippen LogP contribution is 1.84. The number of hydrogen-bond acceptors (Lipinski definition) is 12. The predicted octanol–water partition coefficient (Wildman–Crippen LogP) is -0.635. The molecule has 0 aliphatic rings. The van der Waals surface area contributed by atoms with Gasteiger partial charge in [0.25, 0.3) is 0 Å². The van der Waals surface area contributed by atoms with E-state index < -0.39 is 0 Å². The van der Waals surface area contributed by atoms with Crippen LogP contribution in [0.3, 0.4) is 0 Å². The summed E-state index contributed by atoms with van der Waals surface area (Å²) in [5, 5.41) is 25.3. The van der Waals surface area contributed by atoms with E-state index in [0.717, 1.165) is 0 Å². The SMILES string of the molecule is C.COCCOCCOCCOCCOCCO.OCCOCCOCCOCCOCCO. The fraction of sp³-hybridized carbons (Fsp3) is 1.00. The molecule has 0 amide bonds. The largest absolute Gasteiger partial charge is 0.394 e. The van der Waals surface area contributed by atoms with E-state index in [9.17, 15) is 0 Å². The molecule has 0 aliphatic carbocycles.